The third kappa shape index (κ3) is 2.41. The fourth-order valence-electron chi connectivity index (χ4n) is 0.923. The van der Waals surface area contributed by atoms with E-state index in [0.717, 1.165) is 10.2 Å². The Labute approximate surface area is 89.6 Å². The molecule has 0 spiro atoms. The van der Waals surface area contributed by atoms with Gasteiger partial charge >= 0.3 is 0 Å². The van der Waals surface area contributed by atoms with Crippen LogP contribution in [0.4, 0.5) is 0 Å². The van der Waals surface area contributed by atoms with Crippen molar-refractivity contribution in [3.8, 4) is 0 Å². The second-order valence-corrected chi connectivity index (χ2v) is 3.66. The van der Waals surface area contributed by atoms with Crippen LogP contribution in [0, 0.1) is 0 Å². The third-order valence-corrected chi connectivity index (χ3v) is 2.41. The molecule has 1 aromatic rings. The summed E-state index contributed by atoms with van der Waals surface area (Å²) in [7, 11) is 1.76. The van der Waals surface area contributed by atoms with Crippen molar-refractivity contribution in [3.63, 3.8) is 0 Å². The molecule has 1 N–H and O–H groups in total. The first kappa shape index (κ1) is 10.9. The van der Waals surface area contributed by atoms with E-state index in [1.165, 1.54) is 6.92 Å². The van der Waals surface area contributed by atoms with E-state index >= 15 is 0 Å². The number of aromatic nitrogens is 2. The maximum absolute atomic E-state index is 11.0. The van der Waals surface area contributed by atoms with Gasteiger partial charge in [0.05, 0.1) is 22.9 Å². The first-order chi connectivity index (χ1) is 6.52. The number of nitrogens with one attached hydrogen (secondary N) is 1. The highest BCUT2D eigenvalue weighted by atomic mass is 79.9. The predicted molar refractivity (Wildman–Crippen MR) is 53.4 cm³/mol. The zero-order valence-electron chi connectivity index (χ0n) is 7.87. The number of aryl methyl sites for hydroxylation is 1. The molecule has 0 aromatic carbocycles. The van der Waals surface area contributed by atoms with Gasteiger partial charge in [-0.2, -0.15) is 5.10 Å². The predicted octanol–water partition coefficient (Wildman–Crippen LogP) is 0.388. The second-order valence-electron chi connectivity index (χ2n) is 2.80. The van der Waals surface area contributed by atoms with Gasteiger partial charge in [0.25, 0.3) is 5.91 Å². The lowest BCUT2D eigenvalue weighted by molar-refractivity contribution is -0.136. The number of hydrogen-bond acceptors (Lipinski definition) is 3. The van der Waals surface area contributed by atoms with E-state index in [4.69, 9.17) is 0 Å². The number of Topliss-reactive ketones (excluding diaryl/α,β-unsaturated/α-hetero) is 1. The number of carbonyl (C=O) groups excluding carboxylic acids is 2. The number of carbonyl (C=O) groups is 2. The Morgan fingerprint density at radius 1 is 1.64 bits per heavy atom. The van der Waals surface area contributed by atoms with Crippen molar-refractivity contribution in [2.75, 3.05) is 0 Å². The maximum atomic E-state index is 11.0. The Kier molecular flexibility index (Phi) is 3.40. The zero-order valence-corrected chi connectivity index (χ0v) is 9.46. The molecule has 0 unspecified atom stereocenters. The van der Waals surface area contributed by atoms with Crippen molar-refractivity contribution in [1.82, 2.24) is 15.1 Å². The van der Waals surface area contributed by atoms with Gasteiger partial charge in [-0.05, 0) is 15.9 Å². The Balaban J connectivity index is 2.62. The molecule has 0 aliphatic rings. The molecule has 0 radical (unpaired) electrons. The standard InChI is InChI=1S/C8H10BrN3O2/c1-5(13)8(14)10-4-7-6(9)3-11-12(7)2/h3H,4H2,1-2H3,(H,10,14). The van der Waals surface area contributed by atoms with E-state index in [0.29, 0.717) is 0 Å². The van der Waals surface area contributed by atoms with Crippen LogP contribution in [-0.2, 0) is 23.2 Å². The average molecular weight is 260 g/mol. The monoisotopic (exact) mass is 259 g/mol. The summed E-state index contributed by atoms with van der Waals surface area (Å²) in [6.07, 6.45) is 1.63. The zero-order chi connectivity index (χ0) is 10.7. The van der Waals surface area contributed by atoms with Gasteiger partial charge in [-0.3, -0.25) is 14.3 Å². The summed E-state index contributed by atoms with van der Waals surface area (Å²) in [6, 6.07) is 0. The highest BCUT2D eigenvalue weighted by Crippen LogP contribution is 2.14. The molecule has 0 fully saturated rings. The van der Waals surface area contributed by atoms with Crippen LogP contribution in [0.1, 0.15) is 12.6 Å². The fourth-order valence-corrected chi connectivity index (χ4v) is 1.41. The first-order valence-corrected chi connectivity index (χ1v) is 4.77. The fraction of sp³-hybridized carbons (Fsp3) is 0.375. The molecule has 5 nitrogen and oxygen atoms in total. The van der Waals surface area contributed by atoms with Gasteiger partial charge in [0.1, 0.15) is 0 Å². The van der Waals surface area contributed by atoms with Crippen molar-refractivity contribution in [3.05, 3.63) is 16.4 Å². The molecule has 0 bridgehead atoms. The number of rotatable bonds is 3. The summed E-state index contributed by atoms with van der Waals surface area (Å²) in [5.74, 6) is -1.08. The van der Waals surface area contributed by atoms with Gasteiger partial charge < -0.3 is 5.32 Å². The molecule has 6 heteroatoms. The molecule has 0 saturated carbocycles. The number of nitrogens with zero attached hydrogens (tertiary/aromatic N) is 2. The number of halogens is 1. The first-order valence-electron chi connectivity index (χ1n) is 3.97. The number of hydrogen-bond donors (Lipinski definition) is 1. The minimum absolute atomic E-state index is 0.287. The van der Waals surface area contributed by atoms with E-state index in [1.807, 2.05) is 0 Å². The molecule has 1 heterocycles. The van der Waals surface area contributed by atoms with Crippen LogP contribution in [0.2, 0.25) is 0 Å². The topological polar surface area (TPSA) is 64.0 Å². The molecule has 0 aliphatic heterocycles. The molecular formula is C8H10BrN3O2. The summed E-state index contributed by atoms with van der Waals surface area (Å²) in [4.78, 5) is 21.6. The highest BCUT2D eigenvalue weighted by molar-refractivity contribution is 9.10. The molecule has 1 rings (SSSR count). The summed E-state index contributed by atoms with van der Waals surface area (Å²) in [5.41, 5.74) is 0.819. The Morgan fingerprint density at radius 3 is 2.71 bits per heavy atom. The smallest absolute Gasteiger partial charge is 0.287 e. The van der Waals surface area contributed by atoms with Gasteiger partial charge in [0.15, 0.2) is 0 Å². The third-order valence-electron chi connectivity index (χ3n) is 1.75. The van der Waals surface area contributed by atoms with Crippen LogP contribution in [-0.4, -0.2) is 21.5 Å². The van der Waals surface area contributed by atoms with E-state index in [-0.39, 0.29) is 6.54 Å². The minimum atomic E-state index is -0.585. The van der Waals surface area contributed by atoms with Gasteiger partial charge in [0.2, 0.25) is 5.78 Å². The molecule has 0 atom stereocenters. The lowest BCUT2D eigenvalue weighted by Crippen LogP contribution is -2.29. The molecule has 0 saturated heterocycles. The van der Waals surface area contributed by atoms with Gasteiger partial charge in [0, 0.05) is 14.0 Å². The van der Waals surface area contributed by atoms with Crippen LogP contribution in [0.25, 0.3) is 0 Å². The van der Waals surface area contributed by atoms with Crippen molar-refractivity contribution >= 4 is 27.6 Å². The van der Waals surface area contributed by atoms with E-state index in [2.05, 4.69) is 26.3 Å². The van der Waals surface area contributed by atoms with Gasteiger partial charge in [-0.25, -0.2) is 0 Å². The molecule has 1 amide bonds. The number of ketones is 1. The Hall–Kier alpha value is -1.17. The van der Waals surface area contributed by atoms with Crippen molar-refractivity contribution in [2.24, 2.45) is 7.05 Å². The van der Waals surface area contributed by atoms with Crippen LogP contribution in [0.5, 0.6) is 0 Å². The van der Waals surface area contributed by atoms with Crippen LogP contribution in [0.15, 0.2) is 10.7 Å². The minimum Gasteiger partial charge on any atom is -0.344 e. The molecule has 0 aliphatic carbocycles. The highest BCUT2D eigenvalue weighted by Gasteiger charge is 2.10. The lowest BCUT2D eigenvalue weighted by atomic mass is 10.4. The molecule has 14 heavy (non-hydrogen) atoms. The van der Waals surface area contributed by atoms with Crippen LogP contribution >= 0.6 is 15.9 Å². The summed E-state index contributed by atoms with van der Waals surface area (Å²) >= 11 is 3.28. The molecule has 76 valence electrons. The maximum Gasteiger partial charge on any atom is 0.287 e. The van der Waals surface area contributed by atoms with E-state index in [1.54, 1.807) is 17.9 Å². The van der Waals surface area contributed by atoms with Crippen molar-refractivity contribution in [1.29, 1.82) is 0 Å². The Morgan fingerprint density at radius 2 is 2.29 bits per heavy atom. The molecular weight excluding hydrogens is 250 g/mol. The molecule has 1 aromatic heterocycles. The average Bonchev–Trinajstić information content (AvgIpc) is 2.43. The summed E-state index contributed by atoms with van der Waals surface area (Å²) < 4.78 is 2.44. The van der Waals surface area contributed by atoms with E-state index in [9.17, 15) is 9.59 Å². The number of amides is 1. The largest absolute Gasteiger partial charge is 0.344 e. The Bertz CT molecular complexity index is 353. The summed E-state index contributed by atoms with van der Waals surface area (Å²) in [5, 5.41) is 6.46. The quantitative estimate of drug-likeness (QED) is 0.799. The van der Waals surface area contributed by atoms with Crippen LogP contribution in [0.3, 0.4) is 0 Å². The van der Waals surface area contributed by atoms with Gasteiger partial charge in [-0.15, -0.1) is 0 Å². The summed E-state index contributed by atoms with van der Waals surface area (Å²) in [6.45, 7) is 1.52. The SMILES string of the molecule is CC(=O)C(=O)NCc1c(Br)cnn1C. The normalized spacial score (nSPS) is 9.93. The van der Waals surface area contributed by atoms with Crippen LogP contribution < -0.4 is 5.32 Å². The van der Waals surface area contributed by atoms with Gasteiger partial charge in [-0.1, -0.05) is 0 Å². The lowest BCUT2D eigenvalue weighted by Gasteiger charge is -2.03. The second kappa shape index (κ2) is 4.36. The van der Waals surface area contributed by atoms with Crippen molar-refractivity contribution < 1.29 is 9.59 Å². The van der Waals surface area contributed by atoms with Crippen molar-refractivity contribution in [2.45, 2.75) is 13.5 Å². The van der Waals surface area contributed by atoms with E-state index < -0.39 is 11.7 Å².